The van der Waals surface area contributed by atoms with E-state index >= 15 is 0 Å². The lowest BCUT2D eigenvalue weighted by Crippen LogP contribution is -2.43. The van der Waals surface area contributed by atoms with Crippen molar-refractivity contribution in [2.45, 2.75) is 24.8 Å². The summed E-state index contributed by atoms with van der Waals surface area (Å²) >= 11 is 12.2. The molecule has 1 fully saturated rings. The Labute approximate surface area is 123 Å². The van der Waals surface area contributed by atoms with Crippen LogP contribution in [0, 0.1) is 0 Å². The zero-order valence-corrected chi connectivity index (χ0v) is 12.4. The maximum absolute atomic E-state index is 6.25. The third-order valence-corrected chi connectivity index (χ3v) is 4.30. The summed E-state index contributed by atoms with van der Waals surface area (Å²) in [6.07, 6.45) is 2.24. The van der Waals surface area contributed by atoms with Crippen molar-refractivity contribution < 1.29 is 0 Å². The Kier molecular flexibility index (Phi) is 3.59. The van der Waals surface area contributed by atoms with E-state index < -0.39 is 0 Å². The average Bonchev–Trinajstić information content (AvgIpc) is 3.11. The third-order valence-electron chi connectivity index (χ3n) is 3.74. The van der Waals surface area contributed by atoms with Gasteiger partial charge in [-0.1, -0.05) is 29.3 Å². The van der Waals surface area contributed by atoms with E-state index in [2.05, 4.69) is 22.3 Å². The van der Waals surface area contributed by atoms with Gasteiger partial charge in [0.15, 0.2) is 5.96 Å². The lowest BCUT2D eigenvalue weighted by molar-refractivity contribution is 0.445. The van der Waals surface area contributed by atoms with Crippen molar-refractivity contribution in [2.75, 3.05) is 20.1 Å². The fourth-order valence-electron chi connectivity index (χ4n) is 2.54. The van der Waals surface area contributed by atoms with Crippen LogP contribution in [-0.2, 0) is 0 Å². The smallest absolute Gasteiger partial charge is 0.193 e. The lowest BCUT2D eigenvalue weighted by Gasteiger charge is -2.25. The molecule has 5 heteroatoms. The molecule has 2 atom stereocenters. The molecule has 1 aliphatic heterocycles. The van der Waals surface area contributed by atoms with Crippen LogP contribution < -0.4 is 5.32 Å². The molecule has 0 amide bonds. The van der Waals surface area contributed by atoms with E-state index in [4.69, 9.17) is 23.2 Å². The second kappa shape index (κ2) is 5.22. The normalized spacial score (nSPS) is 26.1. The fraction of sp³-hybridized carbons (Fsp3) is 0.500. The summed E-state index contributed by atoms with van der Waals surface area (Å²) in [4.78, 5) is 6.72. The van der Waals surface area contributed by atoms with Crippen LogP contribution in [0.3, 0.4) is 0 Å². The van der Waals surface area contributed by atoms with Gasteiger partial charge in [0, 0.05) is 42.1 Å². The number of halogens is 2. The van der Waals surface area contributed by atoms with Gasteiger partial charge in [-0.2, -0.15) is 0 Å². The van der Waals surface area contributed by atoms with E-state index in [0.29, 0.717) is 17.0 Å². The first-order chi connectivity index (χ1) is 9.15. The Bertz CT molecular complexity index is 515. The molecule has 1 heterocycles. The van der Waals surface area contributed by atoms with Crippen LogP contribution in [0.5, 0.6) is 0 Å². The Hall–Kier alpha value is -0.930. The van der Waals surface area contributed by atoms with Gasteiger partial charge in [-0.05, 0) is 30.5 Å². The molecule has 3 nitrogen and oxygen atoms in total. The topological polar surface area (TPSA) is 27.6 Å². The summed E-state index contributed by atoms with van der Waals surface area (Å²) in [5.41, 5.74) is 1.18. The number of guanidine groups is 1. The molecule has 0 aromatic heterocycles. The number of nitrogens with one attached hydrogen (secondary N) is 1. The van der Waals surface area contributed by atoms with Gasteiger partial charge < -0.3 is 10.2 Å². The van der Waals surface area contributed by atoms with Crippen LogP contribution in [0.15, 0.2) is 23.2 Å². The van der Waals surface area contributed by atoms with Gasteiger partial charge in [-0.25, -0.2) is 0 Å². The number of benzene rings is 1. The molecular formula is C14H17Cl2N3. The molecule has 1 N–H and O–H groups in total. The molecule has 19 heavy (non-hydrogen) atoms. The van der Waals surface area contributed by atoms with Crippen molar-refractivity contribution in [3.63, 3.8) is 0 Å². The van der Waals surface area contributed by atoms with Gasteiger partial charge in [0.1, 0.15) is 0 Å². The van der Waals surface area contributed by atoms with Crippen molar-refractivity contribution in [1.82, 2.24) is 10.2 Å². The van der Waals surface area contributed by atoms with Crippen LogP contribution in [0.4, 0.5) is 0 Å². The zero-order chi connectivity index (χ0) is 13.4. The number of rotatable bonds is 2. The van der Waals surface area contributed by atoms with Crippen molar-refractivity contribution in [3.05, 3.63) is 33.8 Å². The van der Waals surface area contributed by atoms with Gasteiger partial charge in [0.05, 0.1) is 0 Å². The summed E-state index contributed by atoms with van der Waals surface area (Å²) in [6.45, 7) is 2.00. The van der Waals surface area contributed by atoms with E-state index in [0.717, 1.165) is 36.9 Å². The van der Waals surface area contributed by atoms with Crippen molar-refractivity contribution in [2.24, 2.45) is 4.99 Å². The Morgan fingerprint density at radius 1 is 1.37 bits per heavy atom. The highest BCUT2D eigenvalue weighted by molar-refractivity contribution is 6.35. The summed E-state index contributed by atoms with van der Waals surface area (Å²) in [5, 5.41) is 4.97. The SMILES string of the molecule is CN1CCCN=C1N[C@@H]1C[C@H]1c1ccc(Cl)cc1Cl. The molecule has 0 bridgehead atoms. The van der Waals surface area contributed by atoms with Crippen LogP contribution in [0.1, 0.15) is 24.3 Å². The van der Waals surface area contributed by atoms with Crippen LogP contribution in [0.25, 0.3) is 0 Å². The molecule has 3 rings (SSSR count). The maximum atomic E-state index is 6.25. The molecule has 2 aliphatic rings. The number of nitrogens with zero attached hydrogens (tertiary/aromatic N) is 2. The molecule has 0 radical (unpaired) electrons. The fourth-order valence-corrected chi connectivity index (χ4v) is 3.09. The Morgan fingerprint density at radius 3 is 2.95 bits per heavy atom. The van der Waals surface area contributed by atoms with E-state index in [9.17, 15) is 0 Å². The molecule has 1 aromatic carbocycles. The van der Waals surface area contributed by atoms with Crippen molar-refractivity contribution >= 4 is 29.2 Å². The molecule has 1 saturated carbocycles. The largest absolute Gasteiger partial charge is 0.353 e. The number of hydrogen-bond donors (Lipinski definition) is 1. The minimum Gasteiger partial charge on any atom is -0.353 e. The molecule has 1 aliphatic carbocycles. The first kappa shape index (κ1) is 13.1. The molecular weight excluding hydrogens is 281 g/mol. The minimum atomic E-state index is 0.443. The van der Waals surface area contributed by atoms with Gasteiger partial charge in [-0.15, -0.1) is 0 Å². The van der Waals surface area contributed by atoms with Crippen molar-refractivity contribution in [1.29, 1.82) is 0 Å². The summed E-state index contributed by atoms with van der Waals surface area (Å²) in [6, 6.07) is 6.20. The summed E-state index contributed by atoms with van der Waals surface area (Å²) < 4.78 is 0. The highest BCUT2D eigenvalue weighted by atomic mass is 35.5. The van der Waals surface area contributed by atoms with Gasteiger partial charge in [0.25, 0.3) is 0 Å². The predicted molar refractivity (Wildman–Crippen MR) is 80.3 cm³/mol. The monoisotopic (exact) mass is 297 g/mol. The first-order valence-electron chi connectivity index (χ1n) is 6.62. The lowest BCUT2D eigenvalue weighted by atomic mass is 10.1. The number of hydrogen-bond acceptors (Lipinski definition) is 3. The molecule has 1 aromatic rings. The maximum Gasteiger partial charge on any atom is 0.193 e. The molecule has 0 unspecified atom stereocenters. The van der Waals surface area contributed by atoms with Gasteiger partial charge in [-0.3, -0.25) is 4.99 Å². The van der Waals surface area contributed by atoms with Crippen molar-refractivity contribution in [3.8, 4) is 0 Å². The summed E-state index contributed by atoms with van der Waals surface area (Å²) in [5.74, 6) is 1.49. The van der Waals surface area contributed by atoms with Crippen LogP contribution in [-0.4, -0.2) is 37.0 Å². The Morgan fingerprint density at radius 2 is 2.21 bits per heavy atom. The highest BCUT2D eigenvalue weighted by Crippen LogP contribution is 2.44. The molecule has 102 valence electrons. The second-order valence-electron chi connectivity index (χ2n) is 5.24. The minimum absolute atomic E-state index is 0.443. The van der Waals surface area contributed by atoms with E-state index in [-0.39, 0.29) is 0 Å². The predicted octanol–water partition coefficient (Wildman–Crippen LogP) is 3.13. The van der Waals surface area contributed by atoms with Crippen LogP contribution in [0.2, 0.25) is 10.0 Å². The molecule has 0 saturated heterocycles. The standard InChI is InChI=1S/C14H17Cl2N3/c1-19-6-2-5-17-14(19)18-13-8-11(13)10-4-3-9(15)7-12(10)16/h3-4,7,11,13H,2,5-6,8H2,1H3,(H,17,18)/t11-,13+/m0/s1. The number of aliphatic imine (C=N–C) groups is 1. The Balaban J connectivity index is 1.66. The third kappa shape index (κ3) is 2.82. The van der Waals surface area contributed by atoms with Gasteiger partial charge in [0.2, 0.25) is 0 Å². The first-order valence-corrected chi connectivity index (χ1v) is 7.38. The summed E-state index contributed by atoms with van der Waals surface area (Å²) in [7, 11) is 2.08. The van der Waals surface area contributed by atoms with Gasteiger partial charge >= 0.3 is 0 Å². The average molecular weight is 298 g/mol. The second-order valence-corrected chi connectivity index (χ2v) is 6.08. The van der Waals surface area contributed by atoms with E-state index in [1.165, 1.54) is 5.56 Å². The molecule has 0 spiro atoms. The zero-order valence-electron chi connectivity index (χ0n) is 10.9. The highest BCUT2D eigenvalue weighted by Gasteiger charge is 2.40. The van der Waals surface area contributed by atoms with Crippen LogP contribution >= 0.6 is 23.2 Å². The van der Waals surface area contributed by atoms with E-state index in [1.807, 2.05) is 18.2 Å². The van der Waals surface area contributed by atoms with E-state index in [1.54, 1.807) is 0 Å². The quantitative estimate of drug-likeness (QED) is 0.908.